The quantitative estimate of drug-likeness (QED) is 0.697. The predicted molar refractivity (Wildman–Crippen MR) is 70.8 cm³/mol. The minimum atomic E-state index is -4.44. The van der Waals surface area contributed by atoms with E-state index >= 15 is 0 Å². The Morgan fingerprint density at radius 3 is 2.32 bits per heavy atom. The Kier molecular flexibility index (Phi) is 4.09. The number of aromatic nitrogens is 2. The van der Waals surface area contributed by atoms with E-state index in [-0.39, 0.29) is 5.71 Å². The molecule has 1 N–H and O–H groups in total. The summed E-state index contributed by atoms with van der Waals surface area (Å²) >= 11 is 0. The number of anilines is 1. The predicted octanol–water partition coefficient (Wildman–Crippen LogP) is 2.71. The zero-order valence-corrected chi connectivity index (χ0v) is 10.8. The summed E-state index contributed by atoms with van der Waals surface area (Å²) in [5.41, 5.74) is 2.20. The van der Waals surface area contributed by atoms with Crippen molar-refractivity contribution in [1.29, 1.82) is 10.5 Å². The average molecular weight is 304 g/mol. The van der Waals surface area contributed by atoms with Crippen LogP contribution in [0.1, 0.15) is 5.56 Å². The van der Waals surface area contributed by atoms with Gasteiger partial charge in [-0.2, -0.15) is 33.9 Å². The molecular formula is C13H7F3N6. The second-order valence-corrected chi connectivity index (χ2v) is 4.01. The van der Waals surface area contributed by atoms with Crippen LogP contribution in [0, 0.1) is 22.7 Å². The highest BCUT2D eigenvalue weighted by molar-refractivity contribution is 6.10. The zero-order valence-electron chi connectivity index (χ0n) is 10.8. The lowest BCUT2D eigenvalue weighted by Gasteiger charge is -2.04. The maximum absolute atomic E-state index is 12.5. The summed E-state index contributed by atoms with van der Waals surface area (Å²) in [7, 11) is 0. The van der Waals surface area contributed by atoms with Crippen molar-refractivity contribution in [2.45, 2.75) is 6.18 Å². The number of nitrogens with one attached hydrogen (secondary N) is 1. The van der Waals surface area contributed by atoms with Gasteiger partial charge >= 0.3 is 6.18 Å². The first-order chi connectivity index (χ1) is 10.4. The first kappa shape index (κ1) is 15.1. The number of hydrogen-bond donors (Lipinski definition) is 1. The van der Waals surface area contributed by atoms with Crippen molar-refractivity contribution in [1.82, 2.24) is 9.78 Å². The summed E-state index contributed by atoms with van der Waals surface area (Å²) in [6, 6.07) is 9.25. The number of hydrazone groups is 1. The Morgan fingerprint density at radius 1 is 1.18 bits per heavy atom. The molecule has 0 amide bonds. The first-order valence-electron chi connectivity index (χ1n) is 5.80. The monoisotopic (exact) mass is 304 g/mol. The largest absolute Gasteiger partial charge is 0.419 e. The van der Waals surface area contributed by atoms with Gasteiger partial charge in [-0.25, -0.2) is 4.68 Å². The molecule has 2 aromatic rings. The summed E-state index contributed by atoms with van der Waals surface area (Å²) < 4.78 is 38.6. The molecule has 0 saturated carbocycles. The average Bonchev–Trinajstić information content (AvgIpc) is 2.99. The van der Waals surface area contributed by atoms with Crippen molar-refractivity contribution >= 4 is 11.4 Å². The van der Waals surface area contributed by atoms with E-state index in [1.165, 1.54) is 24.3 Å². The smallest absolute Gasteiger partial charge is 0.277 e. The molecule has 1 aromatic carbocycles. The molecule has 6 nitrogen and oxygen atoms in total. The molecule has 0 radical (unpaired) electrons. The molecule has 22 heavy (non-hydrogen) atoms. The third-order valence-electron chi connectivity index (χ3n) is 2.55. The lowest BCUT2D eigenvalue weighted by molar-refractivity contribution is -0.137. The van der Waals surface area contributed by atoms with Gasteiger partial charge in [-0.1, -0.05) is 0 Å². The molecule has 0 aliphatic rings. The van der Waals surface area contributed by atoms with Gasteiger partial charge in [-0.05, 0) is 24.3 Å². The van der Waals surface area contributed by atoms with Crippen molar-refractivity contribution in [3.63, 3.8) is 0 Å². The van der Waals surface area contributed by atoms with Crippen LogP contribution in [0.25, 0.3) is 5.69 Å². The fraction of sp³-hybridized carbons (Fsp3) is 0.0769. The molecule has 0 aliphatic carbocycles. The van der Waals surface area contributed by atoms with Crippen LogP contribution in [0.15, 0.2) is 41.8 Å². The van der Waals surface area contributed by atoms with Crippen LogP contribution in [0.5, 0.6) is 0 Å². The second-order valence-electron chi connectivity index (χ2n) is 4.01. The van der Waals surface area contributed by atoms with E-state index in [1.54, 1.807) is 12.1 Å². The van der Waals surface area contributed by atoms with Crippen LogP contribution >= 0.6 is 0 Å². The fourth-order valence-electron chi connectivity index (χ4n) is 1.49. The van der Waals surface area contributed by atoms with E-state index in [4.69, 9.17) is 10.5 Å². The van der Waals surface area contributed by atoms with Gasteiger partial charge in [0.15, 0.2) is 0 Å². The third kappa shape index (κ3) is 3.41. The number of halogens is 3. The van der Waals surface area contributed by atoms with Crippen LogP contribution in [-0.4, -0.2) is 15.5 Å². The first-order valence-corrected chi connectivity index (χ1v) is 5.80. The molecular weight excluding hydrogens is 297 g/mol. The maximum atomic E-state index is 12.5. The second kappa shape index (κ2) is 5.97. The molecule has 110 valence electrons. The summed E-state index contributed by atoms with van der Waals surface area (Å²) in [4.78, 5) is 0. The zero-order chi connectivity index (χ0) is 16.2. The third-order valence-corrected chi connectivity index (χ3v) is 2.55. The fourth-order valence-corrected chi connectivity index (χ4v) is 1.49. The number of benzene rings is 1. The van der Waals surface area contributed by atoms with Gasteiger partial charge in [-0.3, -0.25) is 5.43 Å². The van der Waals surface area contributed by atoms with Gasteiger partial charge in [-0.15, -0.1) is 0 Å². The Bertz CT molecular complexity index is 758. The summed E-state index contributed by atoms with van der Waals surface area (Å²) in [5, 5.41) is 24.2. The Morgan fingerprint density at radius 2 is 1.82 bits per heavy atom. The van der Waals surface area contributed by atoms with E-state index in [2.05, 4.69) is 15.6 Å². The van der Waals surface area contributed by atoms with Crippen molar-refractivity contribution in [3.8, 4) is 17.8 Å². The van der Waals surface area contributed by atoms with Gasteiger partial charge in [0.05, 0.1) is 23.1 Å². The molecule has 0 saturated heterocycles. The highest BCUT2D eigenvalue weighted by atomic mass is 19.4. The number of nitrogens with zero attached hydrogens (tertiary/aromatic N) is 5. The van der Waals surface area contributed by atoms with Gasteiger partial charge in [0.25, 0.3) is 0 Å². The Balaban J connectivity index is 2.16. The van der Waals surface area contributed by atoms with Crippen molar-refractivity contribution in [2.75, 3.05) is 5.43 Å². The SMILES string of the molecule is N#CC(C#N)=NNc1ccc(-n2cc(C(F)(F)F)cn2)cc1. The van der Waals surface area contributed by atoms with Crippen LogP contribution < -0.4 is 5.43 Å². The highest BCUT2D eigenvalue weighted by Gasteiger charge is 2.32. The highest BCUT2D eigenvalue weighted by Crippen LogP contribution is 2.29. The Labute approximate surface area is 122 Å². The molecule has 2 rings (SSSR count). The van der Waals surface area contributed by atoms with E-state index in [1.807, 2.05) is 0 Å². The molecule has 0 unspecified atom stereocenters. The van der Waals surface area contributed by atoms with Gasteiger partial charge in [0, 0.05) is 6.20 Å². The summed E-state index contributed by atoms with van der Waals surface area (Å²) in [5.74, 6) is 0. The van der Waals surface area contributed by atoms with E-state index in [0.717, 1.165) is 17.1 Å². The lowest BCUT2D eigenvalue weighted by atomic mass is 10.3. The molecule has 0 spiro atoms. The van der Waals surface area contributed by atoms with Crippen LogP contribution in [0.3, 0.4) is 0 Å². The van der Waals surface area contributed by atoms with Gasteiger partial charge in [0.2, 0.25) is 5.71 Å². The normalized spacial score (nSPS) is 10.4. The number of alkyl halides is 3. The van der Waals surface area contributed by atoms with Crippen LogP contribution in [0.4, 0.5) is 18.9 Å². The van der Waals surface area contributed by atoms with E-state index in [0.29, 0.717) is 11.4 Å². The number of rotatable bonds is 3. The van der Waals surface area contributed by atoms with E-state index < -0.39 is 11.7 Å². The maximum Gasteiger partial charge on any atom is 0.419 e. The van der Waals surface area contributed by atoms with Crippen molar-refractivity contribution in [3.05, 3.63) is 42.2 Å². The van der Waals surface area contributed by atoms with Crippen LogP contribution in [0.2, 0.25) is 0 Å². The molecule has 0 bridgehead atoms. The van der Waals surface area contributed by atoms with E-state index in [9.17, 15) is 13.2 Å². The van der Waals surface area contributed by atoms with Crippen LogP contribution in [-0.2, 0) is 6.18 Å². The van der Waals surface area contributed by atoms with Gasteiger partial charge in [0.1, 0.15) is 12.1 Å². The number of nitriles is 2. The molecule has 1 aromatic heterocycles. The molecule has 0 aliphatic heterocycles. The number of hydrogen-bond acceptors (Lipinski definition) is 5. The molecule has 0 fully saturated rings. The minimum absolute atomic E-state index is 0.342. The Hall–Kier alpha value is -3.33. The molecule has 9 heteroatoms. The van der Waals surface area contributed by atoms with Gasteiger partial charge < -0.3 is 0 Å². The topological polar surface area (TPSA) is 89.8 Å². The van der Waals surface area contributed by atoms with Crippen molar-refractivity contribution < 1.29 is 13.2 Å². The summed E-state index contributed by atoms with van der Waals surface area (Å²) in [6.45, 7) is 0. The summed E-state index contributed by atoms with van der Waals surface area (Å²) in [6.07, 6.45) is -2.83. The standard InChI is InChI=1S/C13H7F3N6/c14-13(15,16)9-7-19-22(8-9)12-3-1-10(2-4-12)20-21-11(5-17)6-18/h1-4,7-8,20H. The minimum Gasteiger partial charge on any atom is -0.277 e. The molecule has 1 heterocycles. The lowest BCUT2D eigenvalue weighted by Crippen LogP contribution is -2.03. The molecule has 0 atom stereocenters. The van der Waals surface area contributed by atoms with Crippen molar-refractivity contribution in [2.24, 2.45) is 5.10 Å².